The van der Waals surface area contributed by atoms with E-state index in [2.05, 4.69) is 27.4 Å². The van der Waals surface area contributed by atoms with Gasteiger partial charge in [0.15, 0.2) is 0 Å². The summed E-state index contributed by atoms with van der Waals surface area (Å²) < 4.78 is 0. The molecule has 2 heterocycles. The quantitative estimate of drug-likeness (QED) is 0.867. The minimum absolute atomic E-state index is 0. The Labute approximate surface area is 165 Å². The Morgan fingerprint density at radius 2 is 1.63 bits per heavy atom. The zero-order valence-corrected chi connectivity index (χ0v) is 15.9. The molecule has 3 amide bonds. The van der Waals surface area contributed by atoms with Crippen LogP contribution < -0.4 is 5.32 Å². The van der Waals surface area contributed by atoms with Crippen molar-refractivity contribution < 1.29 is 9.59 Å². The SMILES string of the molecule is Cl.O=C(NCCc1ccccc1)N1CCCN(C(=O)c2cncnc2)CC1. The second-order valence-electron chi connectivity index (χ2n) is 6.23. The highest BCUT2D eigenvalue weighted by atomic mass is 35.5. The molecule has 1 aromatic carbocycles. The van der Waals surface area contributed by atoms with Gasteiger partial charge in [0.1, 0.15) is 6.33 Å². The van der Waals surface area contributed by atoms with Gasteiger partial charge in [-0.1, -0.05) is 30.3 Å². The maximum atomic E-state index is 12.5. The van der Waals surface area contributed by atoms with E-state index in [0.717, 1.165) is 12.8 Å². The molecule has 27 heavy (non-hydrogen) atoms. The number of hydrogen-bond donors (Lipinski definition) is 1. The first-order chi connectivity index (χ1) is 12.7. The van der Waals surface area contributed by atoms with Crippen LogP contribution in [-0.4, -0.2) is 64.4 Å². The lowest BCUT2D eigenvalue weighted by atomic mass is 10.1. The van der Waals surface area contributed by atoms with Gasteiger partial charge in [-0.3, -0.25) is 4.79 Å². The second kappa shape index (κ2) is 10.5. The Morgan fingerprint density at radius 3 is 2.37 bits per heavy atom. The lowest BCUT2D eigenvalue weighted by molar-refractivity contribution is 0.0761. The molecule has 0 saturated carbocycles. The summed E-state index contributed by atoms with van der Waals surface area (Å²) in [7, 11) is 0. The molecule has 0 aliphatic carbocycles. The number of nitrogens with one attached hydrogen (secondary N) is 1. The van der Waals surface area contributed by atoms with Gasteiger partial charge in [-0.25, -0.2) is 14.8 Å². The Hall–Kier alpha value is -2.67. The molecule has 0 unspecified atom stereocenters. The molecule has 1 aromatic heterocycles. The molecule has 1 N–H and O–H groups in total. The van der Waals surface area contributed by atoms with Crippen molar-refractivity contribution in [1.29, 1.82) is 0 Å². The number of amides is 3. The number of halogens is 1. The van der Waals surface area contributed by atoms with Gasteiger partial charge in [0.05, 0.1) is 5.56 Å². The molecule has 144 valence electrons. The molecule has 1 aliphatic rings. The standard InChI is InChI=1S/C19H23N5O2.ClH/c25-18(17-13-20-15-21-14-17)23-9-4-10-24(12-11-23)19(26)22-8-7-16-5-2-1-3-6-16;/h1-3,5-6,13-15H,4,7-12H2,(H,22,26);1H. The van der Waals surface area contributed by atoms with E-state index in [1.54, 1.807) is 9.80 Å². The normalized spacial score (nSPS) is 14.1. The molecule has 8 heteroatoms. The molecular weight excluding hydrogens is 366 g/mol. The third-order valence-corrected chi connectivity index (χ3v) is 4.41. The van der Waals surface area contributed by atoms with Crippen LogP contribution in [0, 0.1) is 0 Å². The van der Waals surface area contributed by atoms with Crippen molar-refractivity contribution in [2.45, 2.75) is 12.8 Å². The molecule has 1 fully saturated rings. The average Bonchev–Trinajstić information content (AvgIpc) is 2.95. The van der Waals surface area contributed by atoms with Crippen molar-refractivity contribution in [3.8, 4) is 0 Å². The maximum absolute atomic E-state index is 12.5. The van der Waals surface area contributed by atoms with Crippen molar-refractivity contribution in [2.24, 2.45) is 0 Å². The first-order valence-electron chi connectivity index (χ1n) is 8.85. The number of carbonyl (C=O) groups excluding carboxylic acids is 2. The fourth-order valence-electron chi connectivity index (χ4n) is 2.99. The van der Waals surface area contributed by atoms with Gasteiger partial charge in [-0.05, 0) is 18.4 Å². The first-order valence-corrected chi connectivity index (χ1v) is 8.85. The highest BCUT2D eigenvalue weighted by molar-refractivity contribution is 5.93. The molecule has 1 saturated heterocycles. The minimum atomic E-state index is -0.0862. The third-order valence-electron chi connectivity index (χ3n) is 4.41. The monoisotopic (exact) mass is 389 g/mol. The third kappa shape index (κ3) is 5.92. The van der Waals surface area contributed by atoms with Crippen LogP contribution in [0.25, 0.3) is 0 Å². The summed E-state index contributed by atoms with van der Waals surface area (Å²) in [6, 6.07) is 10.0. The summed E-state index contributed by atoms with van der Waals surface area (Å²) in [4.78, 5) is 36.2. The fourth-order valence-corrected chi connectivity index (χ4v) is 2.99. The number of aromatic nitrogens is 2. The topological polar surface area (TPSA) is 78.4 Å². The van der Waals surface area contributed by atoms with E-state index >= 15 is 0 Å². The molecule has 7 nitrogen and oxygen atoms in total. The summed E-state index contributed by atoms with van der Waals surface area (Å²) in [6.07, 6.45) is 6.01. The zero-order valence-electron chi connectivity index (χ0n) is 15.1. The van der Waals surface area contributed by atoms with E-state index in [0.29, 0.717) is 38.3 Å². The summed E-state index contributed by atoms with van der Waals surface area (Å²) in [5.41, 5.74) is 1.68. The second-order valence-corrected chi connectivity index (χ2v) is 6.23. The summed E-state index contributed by atoms with van der Waals surface area (Å²) >= 11 is 0. The highest BCUT2D eigenvalue weighted by Gasteiger charge is 2.22. The van der Waals surface area contributed by atoms with Crippen molar-refractivity contribution in [1.82, 2.24) is 25.1 Å². The van der Waals surface area contributed by atoms with Crippen molar-refractivity contribution in [3.63, 3.8) is 0 Å². The largest absolute Gasteiger partial charge is 0.338 e. The molecule has 2 aromatic rings. The van der Waals surface area contributed by atoms with Gasteiger partial charge in [-0.15, -0.1) is 12.4 Å². The molecular formula is C19H24ClN5O2. The number of benzene rings is 1. The maximum Gasteiger partial charge on any atom is 0.317 e. The Kier molecular flexibility index (Phi) is 8.00. The van der Waals surface area contributed by atoms with Crippen LogP contribution in [-0.2, 0) is 6.42 Å². The van der Waals surface area contributed by atoms with E-state index in [1.165, 1.54) is 24.3 Å². The average molecular weight is 390 g/mol. The molecule has 0 bridgehead atoms. The fraction of sp³-hybridized carbons (Fsp3) is 0.368. The Morgan fingerprint density at radius 1 is 0.963 bits per heavy atom. The van der Waals surface area contributed by atoms with Crippen LogP contribution in [0.4, 0.5) is 4.79 Å². The van der Waals surface area contributed by atoms with Crippen molar-refractivity contribution in [2.75, 3.05) is 32.7 Å². The van der Waals surface area contributed by atoms with Crippen LogP contribution in [0.15, 0.2) is 49.1 Å². The van der Waals surface area contributed by atoms with Crippen molar-refractivity contribution in [3.05, 3.63) is 60.2 Å². The number of rotatable bonds is 4. The van der Waals surface area contributed by atoms with Crippen molar-refractivity contribution >= 4 is 24.3 Å². The summed E-state index contributed by atoms with van der Waals surface area (Å²) in [5, 5.41) is 2.97. The van der Waals surface area contributed by atoms with E-state index in [4.69, 9.17) is 0 Å². The van der Waals surface area contributed by atoms with Gasteiger partial charge in [-0.2, -0.15) is 0 Å². The smallest absolute Gasteiger partial charge is 0.317 e. The summed E-state index contributed by atoms with van der Waals surface area (Å²) in [5.74, 6) is -0.0862. The minimum Gasteiger partial charge on any atom is -0.338 e. The van der Waals surface area contributed by atoms with E-state index in [1.807, 2.05) is 18.2 Å². The van der Waals surface area contributed by atoms with Gasteiger partial charge in [0.25, 0.3) is 5.91 Å². The molecule has 1 aliphatic heterocycles. The number of hydrogen-bond acceptors (Lipinski definition) is 4. The van der Waals surface area contributed by atoms with E-state index in [9.17, 15) is 9.59 Å². The number of urea groups is 1. The van der Waals surface area contributed by atoms with Gasteiger partial charge in [0, 0.05) is 45.1 Å². The summed E-state index contributed by atoms with van der Waals surface area (Å²) in [6.45, 7) is 2.91. The molecule has 0 radical (unpaired) electrons. The first kappa shape index (κ1) is 20.6. The molecule has 0 spiro atoms. The Balaban J connectivity index is 0.00000261. The number of carbonyl (C=O) groups is 2. The van der Waals surface area contributed by atoms with E-state index < -0.39 is 0 Å². The predicted molar refractivity (Wildman–Crippen MR) is 105 cm³/mol. The molecule has 3 rings (SSSR count). The lowest BCUT2D eigenvalue weighted by Gasteiger charge is -2.22. The van der Waals surface area contributed by atoms with Crippen LogP contribution in [0.3, 0.4) is 0 Å². The van der Waals surface area contributed by atoms with Crippen LogP contribution in [0.5, 0.6) is 0 Å². The molecule has 0 atom stereocenters. The Bertz CT molecular complexity index is 729. The van der Waals surface area contributed by atoms with Crippen LogP contribution >= 0.6 is 12.4 Å². The number of nitrogens with zero attached hydrogens (tertiary/aromatic N) is 4. The van der Waals surface area contributed by atoms with Gasteiger partial charge < -0.3 is 15.1 Å². The van der Waals surface area contributed by atoms with Crippen LogP contribution in [0.2, 0.25) is 0 Å². The predicted octanol–water partition coefficient (Wildman–Crippen LogP) is 2.00. The van der Waals surface area contributed by atoms with E-state index in [-0.39, 0.29) is 24.3 Å². The zero-order chi connectivity index (χ0) is 18.2. The van der Waals surface area contributed by atoms with Gasteiger partial charge >= 0.3 is 6.03 Å². The van der Waals surface area contributed by atoms with Crippen LogP contribution in [0.1, 0.15) is 22.3 Å². The lowest BCUT2D eigenvalue weighted by Crippen LogP contribution is -2.43. The highest BCUT2D eigenvalue weighted by Crippen LogP contribution is 2.08. The van der Waals surface area contributed by atoms with Gasteiger partial charge in [0.2, 0.25) is 0 Å².